The zero-order valence-corrected chi connectivity index (χ0v) is 17.9. The van der Waals surface area contributed by atoms with Crippen LogP contribution in [0, 0.1) is 19.7 Å². The van der Waals surface area contributed by atoms with Gasteiger partial charge in [0.05, 0.1) is 0 Å². The summed E-state index contributed by atoms with van der Waals surface area (Å²) >= 11 is 0. The van der Waals surface area contributed by atoms with E-state index in [9.17, 15) is 14.3 Å². The first kappa shape index (κ1) is 21.6. The van der Waals surface area contributed by atoms with Gasteiger partial charge in [0, 0.05) is 23.6 Å². The number of phenolic OH excluding ortho intramolecular Hbond substituents is 1. The summed E-state index contributed by atoms with van der Waals surface area (Å²) < 4.78 is 13.3. The zero-order valence-electron chi connectivity index (χ0n) is 17.9. The minimum absolute atomic E-state index is 0.000456. The normalized spacial score (nSPS) is 11.9. The molecule has 156 valence electrons. The number of benzene rings is 3. The average Bonchev–Trinajstić information content (AvgIpc) is 2.72. The Kier molecular flexibility index (Phi) is 6.56. The molecule has 3 aromatic rings. The number of halogens is 1. The number of amides is 1. The lowest BCUT2D eigenvalue weighted by atomic mass is 9.89. The molecule has 30 heavy (non-hydrogen) atoms. The van der Waals surface area contributed by atoms with Crippen LogP contribution in [0.5, 0.6) is 5.75 Å². The summed E-state index contributed by atoms with van der Waals surface area (Å²) in [4.78, 5) is 11.7. The predicted octanol–water partition coefficient (Wildman–Crippen LogP) is 6.24. The summed E-state index contributed by atoms with van der Waals surface area (Å²) in [5, 5.41) is 13.3. The second kappa shape index (κ2) is 9.12. The number of hydrogen-bond acceptors (Lipinski definition) is 2. The van der Waals surface area contributed by atoms with Crippen LogP contribution in [0.15, 0.2) is 54.6 Å². The Morgan fingerprint density at radius 3 is 2.27 bits per heavy atom. The largest absolute Gasteiger partial charge is 0.508 e. The number of aromatic hydroxyl groups is 1. The van der Waals surface area contributed by atoms with Crippen molar-refractivity contribution in [3.63, 3.8) is 0 Å². The summed E-state index contributed by atoms with van der Waals surface area (Å²) in [6.07, 6.45) is 1.17. The molecule has 0 radical (unpaired) electrons. The summed E-state index contributed by atoms with van der Waals surface area (Å²) in [6.45, 7) is 7.94. The molecule has 2 N–H and O–H groups in total. The number of hydrogen-bond donors (Lipinski definition) is 2. The highest BCUT2D eigenvalue weighted by molar-refractivity contribution is 5.90. The van der Waals surface area contributed by atoms with E-state index in [1.165, 1.54) is 17.7 Å². The SMILES string of the molecule is CCC(=O)Nc1cc(C)c(Cc2ccc(O)c(C(C)c3ccc(F)cc3)c2)c(C)c1. The van der Waals surface area contributed by atoms with Crippen molar-refractivity contribution in [1.82, 2.24) is 0 Å². The van der Waals surface area contributed by atoms with Gasteiger partial charge < -0.3 is 10.4 Å². The highest BCUT2D eigenvalue weighted by atomic mass is 19.1. The number of aryl methyl sites for hydroxylation is 2. The lowest BCUT2D eigenvalue weighted by molar-refractivity contribution is -0.115. The van der Waals surface area contributed by atoms with Crippen LogP contribution in [0.3, 0.4) is 0 Å². The van der Waals surface area contributed by atoms with Crippen molar-refractivity contribution in [2.75, 3.05) is 5.32 Å². The number of carbonyl (C=O) groups is 1. The minimum Gasteiger partial charge on any atom is -0.508 e. The van der Waals surface area contributed by atoms with E-state index in [1.807, 2.05) is 52.0 Å². The first-order chi connectivity index (χ1) is 14.3. The summed E-state index contributed by atoms with van der Waals surface area (Å²) in [5.41, 5.74) is 7.11. The van der Waals surface area contributed by atoms with Gasteiger partial charge in [-0.05, 0) is 78.4 Å². The van der Waals surface area contributed by atoms with Crippen molar-refractivity contribution in [2.45, 2.75) is 46.5 Å². The lowest BCUT2D eigenvalue weighted by Gasteiger charge is -2.17. The van der Waals surface area contributed by atoms with Crippen molar-refractivity contribution in [3.05, 3.63) is 93.8 Å². The molecule has 0 aliphatic rings. The molecule has 0 saturated heterocycles. The highest BCUT2D eigenvalue weighted by Gasteiger charge is 2.15. The molecule has 3 nitrogen and oxygen atoms in total. The molecule has 0 heterocycles. The van der Waals surface area contributed by atoms with Crippen LogP contribution < -0.4 is 5.32 Å². The topological polar surface area (TPSA) is 49.3 Å². The quantitative estimate of drug-likeness (QED) is 0.510. The molecule has 0 bridgehead atoms. The maximum absolute atomic E-state index is 13.3. The second-order valence-electron chi connectivity index (χ2n) is 7.83. The van der Waals surface area contributed by atoms with Gasteiger partial charge in [0.1, 0.15) is 11.6 Å². The molecule has 4 heteroatoms. The van der Waals surface area contributed by atoms with Crippen molar-refractivity contribution in [1.29, 1.82) is 0 Å². The van der Waals surface area contributed by atoms with E-state index in [2.05, 4.69) is 5.32 Å². The first-order valence-electron chi connectivity index (χ1n) is 10.3. The molecule has 1 amide bonds. The molecule has 0 saturated carbocycles. The average molecular weight is 406 g/mol. The number of carbonyl (C=O) groups excluding carboxylic acids is 1. The van der Waals surface area contributed by atoms with Gasteiger partial charge in [0.25, 0.3) is 0 Å². The van der Waals surface area contributed by atoms with Gasteiger partial charge in [-0.2, -0.15) is 0 Å². The van der Waals surface area contributed by atoms with Crippen LogP contribution >= 0.6 is 0 Å². The second-order valence-corrected chi connectivity index (χ2v) is 7.83. The Balaban J connectivity index is 1.88. The van der Waals surface area contributed by atoms with Crippen LogP contribution in [0.2, 0.25) is 0 Å². The molecule has 1 unspecified atom stereocenters. The Hall–Kier alpha value is -3.14. The van der Waals surface area contributed by atoms with Crippen LogP contribution in [0.4, 0.5) is 10.1 Å². The molecular formula is C26H28FNO2. The third-order valence-corrected chi connectivity index (χ3v) is 5.61. The minimum atomic E-state index is -0.270. The molecular weight excluding hydrogens is 377 g/mol. The molecule has 0 spiro atoms. The van der Waals surface area contributed by atoms with Crippen molar-refractivity contribution >= 4 is 11.6 Å². The van der Waals surface area contributed by atoms with E-state index in [1.54, 1.807) is 18.2 Å². The van der Waals surface area contributed by atoms with E-state index < -0.39 is 0 Å². The maximum Gasteiger partial charge on any atom is 0.224 e. The molecule has 0 aliphatic carbocycles. The van der Waals surface area contributed by atoms with Gasteiger partial charge in [-0.3, -0.25) is 4.79 Å². The number of nitrogens with one attached hydrogen (secondary N) is 1. The zero-order chi connectivity index (χ0) is 21.8. The highest BCUT2D eigenvalue weighted by Crippen LogP contribution is 2.33. The van der Waals surface area contributed by atoms with Gasteiger partial charge in [0.2, 0.25) is 5.91 Å². The van der Waals surface area contributed by atoms with E-state index >= 15 is 0 Å². The van der Waals surface area contributed by atoms with Gasteiger partial charge >= 0.3 is 0 Å². The van der Waals surface area contributed by atoms with Gasteiger partial charge in [-0.15, -0.1) is 0 Å². The fraction of sp³-hybridized carbons (Fsp3) is 0.269. The molecule has 0 fully saturated rings. The van der Waals surface area contributed by atoms with Gasteiger partial charge in [0.15, 0.2) is 0 Å². The lowest BCUT2D eigenvalue weighted by Crippen LogP contribution is -2.10. The van der Waals surface area contributed by atoms with Crippen LogP contribution in [0.25, 0.3) is 0 Å². The number of anilines is 1. The number of rotatable bonds is 6. The number of phenols is 1. The Morgan fingerprint density at radius 2 is 1.67 bits per heavy atom. The van der Waals surface area contributed by atoms with Crippen LogP contribution in [0.1, 0.15) is 59.6 Å². The fourth-order valence-electron chi connectivity index (χ4n) is 3.79. The van der Waals surface area contributed by atoms with E-state index in [0.29, 0.717) is 6.42 Å². The predicted molar refractivity (Wildman–Crippen MR) is 120 cm³/mol. The van der Waals surface area contributed by atoms with E-state index in [0.717, 1.165) is 39.9 Å². The Bertz CT molecular complexity index is 1030. The summed E-state index contributed by atoms with van der Waals surface area (Å²) in [5.74, 6) is -0.0889. The monoisotopic (exact) mass is 405 g/mol. The van der Waals surface area contributed by atoms with Crippen molar-refractivity contribution < 1.29 is 14.3 Å². The Labute approximate surface area is 177 Å². The van der Waals surface area contributed by atoms with Crippen LogP contribution in [-0.4, -0.2) is 11.0 Å². The van der Waals surface area contributed by atoms with Crippen molar-refractivity contribution in [3.8, 4) is 5.75 Å². The third kappa shape index (κ3) is 4.88. The van der Waals surface area contributed by atoms with Gasteiger partial charge in [-0.1, -0.05) is 38.1 Å². The standard InChI is InChI=1S/C26H28FNO2/c1-5-26(30)28-22-12-16(2)23(17(3)13-22)14-19-6-11-25(29)24(15-19)18(4)20-7-9-21(27)10-8-20/h6-13,15,18,29H,5,14H2,1-4H3,(H,28,30). The maximum atomic E-state index is 13.3. The molecule has 1 atom stereocenters. The van der Waals surface area contributed by atoms with E-state index in [4.69, 9.17) is 0 Å². The summed E-state index contributed by atoms with van der Waals surface area (Å²) in [7, 11) is 0. The molecule has 3 aromatic carbocycles. The molecule has 0 aliphatic heterocycles. The third-order valence-electron chi connectivity index (χ3n) is 5.61. The van der Waals surface area contributed by atoms with E-state index in [-0.39, 0.29) is 23.4 Å². The first-order valence-corrected chi connectivity index (χ1v) is 10.3. The Morgan fingerprint density at radius 1 is 1.03 bits per heavy atom. The van der Waals surface area contributed by atoms with Crippen LogP contribution in [-0.2, 0) is 11.2 Å². The molecule has 0 aromatic heterocycles. The van der Waals surface area contributed by atoms with Gasteiger partial charge in [-0.25, -0.2) is 4.39 Å². The smallest absolute Gasteiger partial charge is 0.224 e. The molecule has 3 rings (SSSR count). The summed E-state index contributed by atoms with van der Waals surface area (Å²) in [6, 6.07) is 16.1. The van der Waals surface area contributed by atoms with Crippen molar-refractivity contribution in [2.24, 2.45) is 0 Å². The fourth-order valence-corrected chi connectivity index (χ4v) is 3.79.